The van der Waals surface area contributed by atoms with Crippen LogP contribution < -0.4 is 4.72 Å². The first-order chi connectivity index (χ1) is 9.94. The predicted octanol–water partition coefficient (Wildman–Crippen LogP) is 2.27. The number of nitrogens with zero attached hydrogens (tertiary/aromatic N) is 1. The molecular formula is C15H16N2O3S. The molecular weight excluding hydrogens is 288 g/mol. The maximum Gasteiger partial charge on any atom is 0.229 e. The van der Waals surface area contributed by atoms with Crippen LogP contribution in [0.1, 0.15) is 22.3 Å². The third-order valence-corrected chi connectivity index (χ3v) is 3.48. The molecule has 0 saturated heterocycles. The first kappa shape index (κ1) is 15.2. The molecule has 2 aromatic rings. The van der Waals surface area contributed by atoms with E-state index >= 15 is 0 Å². The van der Waals surface area contributed by atoms with Gasteiger partial charge in [0.15, 0.2) is 5.78 Å². The molecule has 0 radical (unpaired) electrons. The zero-order chi connectivity index (χ0) is 15.3. The standard InChI is InChI=1S/C15H16N2O3S/c1-21(19,20)17-14-4-2-3-13(11-14)15(18)6-5-12-7-9-16-10-8-12/h2-4,7-11,17H,5-6H2,1H3. The predicted molar refractivity (Wildman–Crippen MR) is 81.8 cm³/mol. The minimum atomic E-state index is -3.34. The summed E-state index contributed by atoms with van der Waals surface area (Å²) in [6.07, 6.45) is 5.45. The first-order valence-electron chi connectivity index (χ1n) is 6.44. The van der Waals surface area contributed by atoms with Crippen molar-refractivity contribution in [3.05, 3.63) is 59.9 Å². The fraction of sp³-hybridized carbons (Fsp3) is 0.200. The highest BCUT2D eigenvalue weighted by Crippen LogP contribution is 2.14. The van der Waals surface area contributed by atoms with Crippen LogP contribution in [0.3, 0.4) is 0 Å². The fourth-order valence-corrected chi connectivity index (χ4v) is 2.48. The molecule has 0 spiro atoms. The summed E-state index contributed by atoms with van der Waals surface area (Å²) in [5, 5.41) is 0. The summed E-state index contributed by atoms with van der Waals surface area (Å²) in [6.45, 7) is 0. The van der Waals surface area contributed by atoms with Gasteiger partial charge in [-0.3, -0.25) is 14.5 Å². The van der Waals surface area contributed by atoms with Crippen molar-refractivity contribution >= 4 is 21.5 Å². The van der Waals surface area contributed by atoms with Crippen LogP contribution in [-0.4, -0.2) is 25.4 Å². The summed E-state index contributed by atoms with van der Waals surface area (Å²) in [6, 6.07) is 10.2. The van der Waals surface area contributed by atoms with Crippen LogP contribution in [0.2, 0.25) is 0 Å². The molecule has 5 nitrogen and oxygen atoms in total. The molecule has 1 aromatic heterocycles. The van der Waals surface area contributed by atoms with Gasteiger partial charge in [0, 0.05) is 30.1 Å². The number of hydrogen-bond acceptors (Lipinski definition) is 4. The van der Waals surface area contributed by atoms with Crippen molar-refractivity contribution in [3.8, 4) is 0 Å². The number of nitrogens with one attached hydrogen (secondary N) is 1. The van der Waals surface area contributed by atoms with Crippen LogP contribution in [0.25, 0.3) is 0 Å². The zero-order valence-electron chi connectivity index (χ0n) is 11.6. The summed E-state index contributed by atoms with van der Waals surface area (Å²) in [5.41, 5.74) is 1.94. The Labute approximate surface area is 124 Å². The highest BCUT2D eigenvalue weighted by atomic mass is 32.2. The second-order valence-electron chi connectivity index (χ2n) is 4.73. The number of ketones is 1. The van der Waals surface area contributed by atoms with Gasteiger partial charge in [-0.2, -0.15) is 0 Å². The Morgan fingerprint density at radius 2 is 1.90 bits per heavy atom. The Kier molecular flexibility index (Phi) is 4.70. The van der Waals surface area contributed by atoms with E-state index in [1.807, 2.05) is 12.1 Å². The maximum absolute atomic E-state index is 12.1. The highest BCUT2D eigenvalue weighted by molar-refractivity contribution is 7.92. The molecule has 1 N–H and O–H groups in total. The lowest BCUT2D eigenvalue weighted by molar-refractivity contribution is 0.0983. The van der Waals surface area contributed by atoms with E-state index in [4.69, 9.17) is 0 Å². The molecule has 21 heavy (non-hydrogen) atoms. The minimum Gasteiger partial charge on any atom is -0.294 e. The number of sulfonamides is 1. The fourth-order valence-electron chi connectivity index (χ4n) is 1.92. The van der Waals surface area contributed by atoms with Crippen LogP contribution in [0.4, 0.5) is 5.69 Å². The molecule has 110 valence electrons. The van der Waals surface area contributed by atoms with Crippen molar-refractivity contribution in [2.24, 2.45) is 0 Å². The van der Waals surface area contributed by atoms with Gasteiger partial charge in [-0.15, -0.1) is 0 Å². The quantitative estimate of drug-likeness (QED) is 0.831. The average molecular weight is 304 g/mol. The number of Topliss-reactive ketones (excluding diaryl/α,β-unsaturated/α-hetero) is 1. The molecule has 0 aliphatic carbocycles. The molecule has 0 fully saturated rings. The Balaban J connectivity index is 2.04. The van der Waals surface area contributed by atoms with Gasteiger partial charge in [0.1, 0.15) is 0 Å². The summed E-state index contributed by atoms with van der Waals surface area (Å²) in [7, 11) is -3.34. The number of pyridine rings is 1. The van der Waals surface area contributed by atoms with E-state index < -0.39 is 10.0 Å². The molecule has 1 aromatic carbocycles. The maximum atomic E-state index is 12.1. The van der Waals surface area contributed by atoms with Crippen molar-refractivity contribution in [1.82, 2.24) is 4.98 Å². The monoisotopic (exact) mass is 304 g/mol. The number of carbonyl (C=O) groups excluding carboxylic acids is 1. The molecule has 0 unspecified atom stereocenters. The van der Waals surface area contributed by atoms with E-state index in [-0.39, 0.29) is 5.78 Å². The number of rotatable bonds is 6. The third-order valence-electron chi connectivity index (χ3n) is 2.88. The van der Waals surface area contributed by atoms with Crippen molar-refractivity contribution in [2.45, 2.75) is 12.8 Å². The number of benzene rings is 1. The molecule has 0 aliphatic rings. The van der Waals surface area contributed by atoms with Gasteiger partial charge >= 0.3 is 0 Å². The van der Waals surface area contributed by atoms with Gasteiger partial charge in [0.2, 0.25) is 10.0 Å². The van der Waals surface area contributed by atoms with Gasteiger partial charge in [-0.1, -0.05) is 12.1 Å². The summed E-state index contributed by atoms with van der Waals surface area (Å²) in [5.74, 6) is -0.0241. The van der Waals surface area contributed by atoms with Gasteiger partial charge < -0.3 is 0 Å². The topological polar surface area (TPSA) is 76.1 Å². The summed E-state index contributed by atoms with van der Waals surface area (Å²) >= 11 is 0. The smallest absolute Gasteiger partial charge is 0.229 e. The number of carbonyl (C=O) groups is 1. The molecule has 0 amide bonds. The second kappa shape index (κ2) is 6.49. The second-order valence-corrected chi connectivity index (χ2v) is 6.48. The van der Waals surface area contributed by atoms with E-state index in [2.05, 4.69) is 9.71 Å². The number of aryl methyl sites for hydroxylation is 1. The van der Waals surface area contributed by atoms with Crippen molar-refractivity contribution in [3.63, 3.8) is 0 Å². The molecule has 0 bridgehead atoms. The van der Waals surface area contributed by atoms with Gasteiger partial charge in [0.25, 0.3) is 0 Å². The van der Waals surface area contributed by atoms with Crippen LogP contribution in [0.15, 0.2) is 48.8 Å². The van der Waals surface area contributed by atoms with Crippen LogP contribution in [-0.2, 0) is 16.4 Å². The Morgan fingerprint density at radius 1 is 1.19 bits per heavy atom. The lowest BCUT2D eigenvalue weighted by atomic mass is 10.0. The van der Waals surface area contributed by atoms with E-state index in [1.165, 1.54) is 0 Å². The van der Waals surface area contributed by atoms with Gasteiger partial charge in [-0.05, 0) is 36.2 Å². The Hall–Kier alpha value is -2.21. The zero-order valence-corrected chi connectivity index (χ0v) is 12.4. The van der Waals surface area contributed by atoms with Crippen molar-refractivity contribution in [2.75, 3.05) is 11.0 Å². The average Bonchev–Trinajstić information content (AvgIpc) is 2.44. The Bertz CT molecular complexity index is 728. The van der Waals surface area contributed by atoms with Crippen LogP contribution in [0.5, 0.6) is 0 Å². The summed E-state index contributed by atoms with van der Waals surface area (Å²) in [4.78, 5) is 16.1. The largest absolute Gasteiger partial charge is 0.294 e. The number of anilines is 1. The lowest BCUT2D eigenvalue weighted by Gasteiger charge is -2.06. The van der Waals surface area contributed by atoms with E-state index in [0.29, 0.717) is 24.1 Å². The molecule has 0 saturated carbocycles. The normalized spacial score (nSPS) is 11.1. The molecule has 6 heteroatoms. The number of aromatic nitrogens is 1. The van der Waals surface area contributed by atoms with Crippen LogP contribution in [0, 0.1) is 0 Å². The van der Waals surface area contributed by atoms with E-state index in [0.717, 1.165) is 11.8 Å². The van der Waals surface area contributed by atoms with Crippen LogP contribution >= 0.6 is 0 Å². The Morgan fingerprint density at radius 3 is 2.57 bits per heavy atom. The van der Waals surface area contributed by atoms with E-state index in [1.54, 1.807) is 36.7 Å². The minimum absolute atomic E-state index is 0.0241. The summed E-state index contributed by atoms with van der Waals surface area (Å²) < 4.78 is 24.7. The number of hydrogen-bond donors (Lipinski definition) is 1. The van der Waals surface area contributed by atoms with E-state index in [9.17, 15) is 13.2 Å². The SMILES string of the molecule is CS(=O)(=O)Nc1cccc(C(=O)CCc2ccncc2)c1. The van der Waals surface area contributed by atoms with Crippen molar-refractivity contribution < 1.29 is 13.2 Å². The first-order valence-corrected chi connectivity index (χ1v) is 8.33. The van der Waals surface area contributed by atoms with Gasteiger partial charge in [-0.25, -0.2) is 8.42 Å². The molecule has 2 rings (SSSR count). The molecule has 0 atom stereocenters. The third kappa shape index (κ3) is 5.00. The van der Waals surface area contributed by atoms with Crippen molar-refractivity contribution in [1.29, 1.82) is 0 Å². The highest BCUT2D eigenvalue weighted by Gasteiger charge is 2.08. The molecule has 1 heterocycles. The lowest BCUT2D eigenvalue weighted by Crippen LogP contribution is -2.10. The molecule has 0 aliphatic heterocycles. The van der Waals surface area contributed by atoms with Gasteiger partial charge in [0.05, 0.1) is 6.26 Å².